The van der Waals surface area contributed by atoms with Crippen LogP contribution in [-0.2, 0) is 4.79 Å². The van der Waals surface area contributed by atoms with Crippen molar-refractivity contribution in [3.63, 3.8) is 0 Å². The number of halogens is 1. The number of amides is 1. The Balaban J connectivity index is 2.09. The normalized spacial score (nSPS) is 18.8. The first-order chi connectivity index (χ1) is 10.2. The molecular weight excluding hydrogens is 332 g/mol. The minimum absolute atomic E-state index is 0.0102. The van der Waals surface area contributed by atoms with Gasteiger partial charge in [0.1, 0.15) is 11.9 Å². The van der Waals surface area contributed by atoms with Crippen molar-refractivity contribution < 1.29 is 4.79 Å². The molecular formula is C15H17BrN4O. The lowest BCUT2D eigenvalue weighted by Crippen LogP contribution is -2.58. The number of rotatable bonds is 2. The van der Waals surface area contributed by atoms with Gasteiger partial charge in [-0.1, -0.05) is 28.1 Å². The smallest absolute Gasteiger partial charge is 0.243 e. The molecule has 5 nitrogen and oxygen atoms in total. The summed E-state index contributed by atoms with van der Waals surface area (Å²) in [6, 6.07) is 7.81. The van der Waals surface area contributed by atoms with Gasteiger partial charge in [-0.3, -0.25) is 4.79 Å². The lowest BCUT2D eigenvalue weighted by atomic mass is 10.1. The van der Waals surface area contributed by atoms with Crippen LogP contribution in [0, 0.1) is 0 Å². The van der Waals surface area contributed by atoms with E-state index in [0.29, 0.717) is 6.54 Å². The number of pyridine rings is 1. The number of hydrogen-bond donors (Lipinski definition) is 2. The van der Waals surface area contributed by atoms with E-state index in [-0.39, 0.29) is 11.9 Å². The molecule has 2 N–H and O–H groups in total. The largest absolute Gasteiger partial charge is 0.357 e. The van der Waals surface area contributed by atoms with Gasteiger partial charge in [-0.2, -0.15) is 0 Å². The molecule has 1 aromatic carbocycles. The Kier molecular flexibility index (Phi) is 4.07. The number of fused-ring (bicyclic) bond motifs is 1. The molecule has 3 rings (SSSR count). The lowest BCUT2D eigenvalue weighted by molar-refractivity contribution is -0.122. The molecule has 1 atom stereocenters. The van der Waals surface area contributed by atoms with E-state index in [1.165, 1.54) is 0 Å². The monoisotopic (exact) mass is 348 g/mol. The second-order valence-corrected chi connectivity index (χ2v) is 5.85. The number of likely N-dealkylation sites (N-methyl/N-ethyl adjacent to an activating group) is 1. The molecule has 2 aromatic rings. The average Bonchev–Trinajstić information content (AvgIpc) is 2.54. The molecule has 1 aromatic heterocycles. The summed E-state index contributed by atoms with van der Waals surface area (Å²) in [5.74, 6) is 0.875. The third-order valence-electron chi connectivity index (χ3n) is 3.80. The molecule has 0 aliphatic carbocycles. The van der Waals surface area contributed by atoms with Crippen molar-refractivity contribution in [2.75, 3.05) is 31.6 Å². The minimum atomic E-state index is -0.235. The summed E-state index contributed by atoms with van der Waals surface area (Å²) >= 11 is 3.57. The van der Waals surface area contributed by atoms with Gasteiger partial charge in [0.25, 0.3) is 0 Å². The molecule has 1 amide bonds. The lowest BCUT2D eigenvalue weighted by Gasteiger charge is -2.36. The zero-order valence-electron chi connectivity index (χ0n) is 11.8. The van der Waals surface area contributed by atoms with E-state index in [2.05, 4.69) is 36.4 Å². The Morgan fingerprint density at radius 3 is 3.10 bits per heavy atom. The van der Waals surface area contributed by atoms with Crippen LogP contribution in [0.5, 0.6) is 0 Å². The van der Waals surface area contributed by atoms with E-state index < -0.39 is 0 Å². The maximum absolute atomic E-state index is 12.1. The van der Waals surface area contributed by atoms with Crippen LogP contribution in [0.1, 0.15) is 0 Å². The first-order valence-electron chi connectivity index (χ1n) is 6.94. The predicted molar refractivity (Wildman–Crippen MR) is 87.5 cm³/mol. The molecule has 2 heterocycles. The van der Waals surface area contributed by atoms with Crippen molar-refractivity contribution >= 4 is 38.4 Å². The summed E-state index contributed by atoms with van der Waals surface area (Å²) < 4.78 is 1.04. The Morgan fingerprint density at radius 1 is 1.43 bits per heavy atom. The van der Waals surface area contributed by atoms with Crippen LogP contribution in [0.4, 0.5) is 5.82 Å². The summed E-state index contributed by atoms with van der Waals surface area (Å²) in [5, 5.41) is 8.17. The number of hydrogen-bond acceptors (Lipinski definition) is 4. The number of piperazine rings is 1. The van der Waals surface area contributed by atoms with Crippen molar-refractivity contribution in [1.82, 2.24) is 15.6 Å². The van der Waals surface area contributed by atoms with Crippen LogP contribution < -0.4 is 15.5 Å². The van der Waals surface area contributed by atoms with E-state index in [1.54, 1.807) is 13.2 Å². The number of carbonyl (C=O) groups excluding carboxylic acids is 1. The van der Waals surface area contributed by atoms with Crippen molar-refractivity contribution in [2.24, 2.45) is 0 Å². The summed E-state index contributed by atoms with van der Waals surface area (Å²) in [6.07, 6.45) is 1.80. The second kappa shape index (κ2) is 5.99. The molecule has 1 unspecified atom stereocenters. The summed E-state index contributed by atoms with van der Waals surface area (Å²) in [6.45, 7) is 2.24. The number of anilines is 1. The number of nitrogens with one attached hydrogen (secondary N) is 2. The van der Waals surface area contributed by atoms with E-state index in [0.717, 1.165) is 34.2 Å². The zero-order valence-corrected chi connectivity index (χ0v) is 13.4. The highest BCUT2D eigenvalue weighted by Gasteiger charge is 2.29. The molecule has 0 radical (unpaired) electrons. The van der Waals surface area contributed by atoms with E-state index in [1.807, 2.05) is 24.3 Å². The van der Waals surface area contributed by atoms with Crippen LogP contribution in [-0.4, -0.2) is 43.6 Å². The van der Waals surface area contributed by atoms with Crippen LogP contribution in [0.15, 0.2) is 34.9 Å². The zero-order chi connectivity index (χ0) is 14.8. The Hall–Kier alpha value is -1.66. The van der Waals surface area contributed by atoms with Gasteiger partial charge in [0.2, 0.25) is 5.91 Å². The Bertz CT molecular complexity index is 676. The topological polar surface area (TPSA) is 57.3 Å². The highest BCUT2D eigenvalue weighted by Crippen LogP contribution is 2.30. The standard InChI is InChI=1S/C15H17BrN4O/c1-17-15(21)13-9-18-7-8-20(13)14-11-3-2-4-12(16)10(11)5-6-19-14/h2-6,13,18H,7-9H2,1H3,(H,17,21). The maximum atomic E-state index is 12.1. The molecule has 0 bridgehead atoms. The molecule has 1 saturated heterocycles. The maximum Gasteiger partial charge on any atom is 0.243 e. The van der Waals surface area contributed by atoms with Crippen molar-refractivity contribution in [3.05, 3.63) is 34.9 Å². The van der Waals surface area contributed by atoms with Crippen LogP contribution >= 0.6 is 15.9 Å². The molecule has 110 valence electrons. The van der Waals surface area contributed by atoms with Gasteiger partial charge in [-0.15, -0.1) is 0 Å². The number of aromatic nitrogens is 1. The van der Waals surface area contributed by atoms with Crippen LogP contribution in [0.2, 0.25) is 0 Å². The molecule has 1 fully saturated rings. The van der Waals surface area contributed by atoms with Crippen LogP contribution in [0.3, 0.4) is 0 Å². The first kappa shape index (κ1) is 14.3. The van der Waals surface area contributed by atoms with E-state index in [4.69, 9.17) is 0 Å². The quantitative estimate of drug-likeness (QED) is 0.863. The fraction of sp³-hybridized carbons (Fsp3) is 0.333. The highest BCUT2D eigenvalue weighted by atomic mass is 79.9. The number of benzene rings is 1. The molecule has 6 heteroatoms. The van der Waals surface area contributed by atoms with Crippen molar-refractivity contribution in [1.29, 1.82) is 0 Å². The van der Waals surface area contributed by atoms with Crippen molar-refractivity contribution in [3.8, 4) is 0 Å². The summed E-state index contributed by atoms with van der Waals surface area (Å²) in [7, 11) is 1.67. The van der Waals surface area contributed by atoms with E-state index >= 15 is 0 Å². The van der Waals surface area contributed by atoms with E-state index in [9.17, 15) is 4.79 Å². The molecule has 0 saturated carbocycles. The molecule has 1 aliphatic heterocycles. The second-order valence-electron chi connectivity index (χ2n) is 5.00. The third kappa shape index (κ3) is 2.61. The van der Waals surface area contributed by atoms with Gasteiger partial charge in [0.15, 0.2) is 0 Å². The summed E-state index contributed by atoms with van der Waals surface area (Å²) in [5.41, 5.74) is 0. The van der Waals surface area contributed by atoms with Crippen molar-refractivity contribution in [2.45, 2.75) is 6.04 Å². The predicted octanol–water partition coefficient (Wildman–Crippen LogP) is 1.52. The molecule has 0 spiro atoms. The number of nitrogens with zero attached hydrogens (tertiary/aromatic N) is 2. The Morgan fingerprint density at radius 2 is 2.29 bits per heavy atom. The summed E-state index contributed by atoms with van der Waals surface area (Å²) in [4.78, 5) is 18.7. The average molecular weight is 349 g/mol. The van der Waals surface area contributed by atoms with Gasteiger partial charge >= 0.3 is 0 Å². The van der Waals surface area contributed by atoms with Gasteiger partial charge in [0, 0.05) is 48.1 Å². The SMILES string of the molecule is CNC(=O)C1CNCCN1c1nccc2c(Br)cccc12. The van der Waals surface area contributed by atoms with Gasteiger partial charge in [0.05, 0.1) is 0 Å². The van der Waals surface area contributed by atoms with Gasteiger partial charge in [-0.05, 0) is 12.1 Å². The van der Waals surface area contributed by atoms with Gasteiger partial charge < -0.3 is 15.5 Å². The van der Waals surface area contributed by atoms with Gasteiger partial charge in [-0.25, -0.2) is 4.98 Å². The molecule has 21 heavy (non-hydrogen) atoms. The number of carbonyl (C=O) groups is 1. The highest BCUT2D eigenvalue weighted by molar-refractivity contribution is 9.10. The van der Waals surface area contributed by atoms with Crippen LogP contribution in [0.25, 0.3) is 10.8 Å². The Labute approximate surface area is 131 Å². The fourth-order valence-electron chi connectivity index (χ4n) is 2.74. The first-order valence-corrected chi connectivity index (χ1v) is 7.74. The third-order valence-corrected chi connectivity index (χ3v) is 4.49. The molecule has 1 aliphatic rings. The minimum Gasteiger partial charge on any atom is -0.357 e. The fourth-order valence-corrected chi connectivity index (χ4v) is 3.24.